The van der Waals surface area contributed by atoms with Gasteiger partial charge in [0.15, 0.2) is 11.4 Å². The molecule has 0 saturated heterocycles. The van der Waals surface area contributed by atoms with Crippen molar-refractivity contribution in [3.63, 3.8) is 0 Å². The average Bonchev–Trinajstić information content (AvgIpc) is 2.76. The largest absolute Gasteiger partial charge is 0.508 e. The molecule has 3 unspecified atom stereocenters. The van der Waals surface area contributed by atoms with Crippen LogP contribution in [0.2, 0.25) is 0 Å². The number of aliphatic hydroxyl groups excluding tert-OH is 2. The summed E-state index contributed by atoms with van der Waals surface area (Å²) in [6, 6.07) is 1.80. The number of carbonyl (C=O) groups excluding carboxylic acids is 3. The van der Waals surface area contributed by atoms with Crippen LogP contribution in [-0.4, -0.2) is 69.0 Å². The lowest BCUT2D eigenvalue weighted by Crippen LogP contribution is -2.58. The third-order valence-corrected chi connectivity index (χ3v) is 7.49. The van der Waals surface area contributed by atoms with Gasteiger partial charge in [0.25, 0.3) is 5.91 Å². The molecule has 3 aliphatic rings. The fourth-order valence-corrected chi connectivity index (χ4v) is 5.67. The summed E-state index contributed by atoms with van der Waals surface area (Å²) in [6.45, 7) is 6.18. The van der Waals surface area contributed by atoms with Gasteiger partial charge >= 0.3 is 0 Å². The Morgan fingerprint density at radius 2 is 1.84 bits per heavy atom. The van der Waals surface area contributed by atoms with Gasteiger partial charge in [-0.1, -0.05) is 32.6 Å². The number of fused-ring (bicyclic) bond motifs is 3. The second-order valence-electron chi connectivity index (χ2n) is 11.4. The molecule has 0 bridgehead atoms. The number of Topliss-reactive ketones (excluding diaryl/α,β-unsaturated/α-hetero) is 2. The van der Waals surface area contributed by atoms with Crippen LogP contribution in [0.25, 0.3) is 5.76 Å². The molecule has 1 fully saturated rings. The fraction of sp³-hybridized carbons (Fsp3) is 0.464. The van der Waals surface area contributed by atoms with Crippen molar-refractivity contribution in [1.29, 1.82) is 0 Å². The van der Waals surface area contributed by atoms with Gasteiger partial charge in [-0.3, -0.25) is 19.3 Å². The van der Waals surface area contributed by atoms with Crippen molar-refractivity contribution in [3.8, 4) is 17.6 Å². The van der Waals surface area contributed by atoms with E-state index in [0.717, 1.165) is 0 Å². The number of hydrogen-bond donors (Lipinski definition) is 5. The van der Waals surface area contributed by atoms with Crippen LogP contribution in [0, 0.1) is 23.7 Å². The van der Waals surface area contributed by atoms with Crippen molar-refractivity contribution in [2.75, 3.05) is 20.6 Å². The number of carbonyl (C=O) groups is 3. The molecule has 1 amide bonds. The number of benzene rings is 1. The smallest absolute Gasteiger partial charge is 0.255 e. The van der Waals surface area contributed by atoms with Gasteiger partial charge in [0.1, 0.15) is 22.8 Å². The summed E-state index contributed by atoms with van der Waals surface area (Å²) >= 11 is 0. The number of phenolic OH excluding ortho intramolecular Hbond substituents is 1. The second-order valence-corrected chi connectivity index (χ2v) is 11.4. The number of nitrogens with two attached hydrogens (primary N) is 1. The molecule has 0 spiro atoms. The van der Waals surface area contributed by atoms with E-state index in [9.17, 15) is 34.8 Å². The standard InChI is InChI=1S/C28H32N2O7/c1-27(2,3)17-11-13(7-6-8-30(4)5)16-10-14-9-15-12-18(31)21(26(29)36)25(35)28(15,37)24(34)19(14)23(33)20(16)22(17)32/h11,14-15,32-33,35,37H,8-10,12H2,1-5H3,(H2,29,36). The minimum Gasteiger partial charge on any atom is -0.508 e. The van der Waals surface area contributed by atoms with Gasteiger partial charge in [-0.2, -0.15) is 0 Å². The van der Waals surface area contributed by atoms with Gasteiger partial charge < -0.3 is 26.2 Å². The van der Waals surface area contributed by atoms with Crippen LogP contribution in [0.4, 0.5) is 0 Å². The Bertz CT molecular complexity index is 1370. The maximum absolute atomic E-state index is 13.7. The van der Waals surface area contributed by atoms with Crippen molar-refractivity contribution in [3.05, 3.63) is 45.2 Å². The number of rotatable bonds is 2. The SMILES string of the molecule is CN(C)CC#Cc1cc(C(C)(C)C)c(O)c2c1CC1CC3CC(=O)C(C(N)=O)=C(O)C3(O)C(=O)C1=C2O. The maximum atomic E-state index is 13.7. The molecular weight excluding hydrogens is 476 g/mol. The minimum absolute atomic E-state index is 0.0636. The first-order valence-corrected chi connectivity index (χ1v) is 12.1. The molecule has 3 aliphatic carbocycles. The van der Waals surface area contributed by atoms with Gasteiger partial charge in [0.2, 0.25) is 5.78 Å². The molecule has 0 aliphatic heterocycles. The molecule has 6 N–H and O–H groups in total. The highest BCUT2D eigenvalue weighted by Gasteiger charge is 2.60. The van der Waals surface area contributed by atoms with Crippen LogP contribution in [0.5, 0.6) is 5.75 Å². The molecule has 9 heteroatoms. The second kappa shape index (κ2) is 8.75. The zero-order valence-electron chi connectivity index (χ0n) is 21.6. The number of ketones is 2. The monoisotopic (exact) mass is 508 g/mol. The first kappa shape index (κ1) is 26.5. The maximum Gasteiger partial charge on any atom is 0.255 e. The van der Waals surface area contributed by atoms with Gasteiger partial charge in [0.05, 0.1) is 12.1 Å². The van der Waals surface area contributed by atoms with E-state index in [-0.39, 0.29) is 36.1 Å². The lowest BCUT2D eigenvalue weighted by molar-refractivity contribution is -0.147. The van der Waals surface area contributed by atoms with Crippen molar-refractivity contribution in [2.45, 2.75) is 51.0 Å². The van der Waals surface area contributed by atoms with Crippen molar-refractivity contribution in [1.82, 2.24) is 4.90 Å². The number of aliphatic hydroxyl groups is 3. The number of aromatic hydroxyl groups is 1. The molecule has 37 heavy (non-hydrogen) atoms. The molecule has 0 radical (unpaired) electrons. The molecule has 9 nitrogen and oxygen atoms in total. The Balaban J connectivity index is 1.97. The summed E-state index contributed by atoms with van der Waals surface area (Å²) in [7, 11) is 3.77. The van der Waals surface area contributed by atoms with Crippen molar-refractivity contribution >= 4 is 23.2 Å². The predicted octanol–water partition coefficient (Wildman–Crippen LogP) is 1.63. The highest BCUT2D eigenvalue weighted by molar-refractivity contribution is 6.22. The van der Waals surface area contributed by atoms with Crippen molar-refractivity contribution in [2.24, 2.45) is 17.6 Å². The highest BCUT2D eigenvalue weighted by Crippen LogP contribution is 2.53. The Labute approximate surface area is 215 Å². The molecule has 1 aromatic rings. The lowest BCUT2D eigenvalue weighted by Gasteiger charge is -2.46. The number of phenols is 1. The van der Waals surface area contributed by atoms with Gasteiger partial charge in [-0.25, -0.2) is 0 Å². The topological polar surface area (TPSA) is 161 Å². The van der Waals surface area contributed by atoms with Crippen LogP contribution in [-0.2, 0) is 26.2 Å². The van der Waals surface area contributed by atoms with Crippen LogP contribution >= 0.6 is 0 Å². The third-order valence-electron chi connectivity index (χ3n) is 7.49. The lowest BCUT2D eigenvalue weighted by atomic mass is 9.59. The fourth-order valence-electron chi connectivity index (χ4n) is 5.67. The molecular formula is C28H32N2O7. The quantitative estimate of drug-likeness (QED) is 0.297. The normalized spacial score (nSPS) is 25.4. The Kier molecular flexibility index (Phi) is 6.26. The number of primary amides is 1. The first-order chi connectivity index (χ1) is 17.1. The van der Waals surface area contributed by atoms with Crippen LogP contribution in [0.15, 0.2) is 23.0 Å². The Morgan fingerprint density at radius 1 is 1.19 bits per heavy atom. The molecule has 4 rings (SSSR count). The van der Waals surface area contributed by atoms with Crippen LogP contribution in [0.1, 0.15) is 55.9 Å². The molecule has 1 aromatic carbocycles. The summed E-state index contributed by atoms with van der Waals surface area (Å²) in [5.41, 5.74) is 2.92. The highest BCUT2D eigenvalue weighted by atomic mass is 16.3. The summed E-state index contributed by atoms with van der Waals surface area (Å²) in [4.78, 5) is 39.9. The van der Waals surface area contributed by atoms with E-state index >= 15 is 0 Å². The van der Waals surface area contributed by atoms with E-state index in [1.54, 1.807) is 6.07 Å². The summed E-state index contributed by atoms with van der Waals surface area (Å²) in [5, 5.41) is 44.8. The van der Waals surface area contributed by atoms with E-state index in [2.05, 4.69) is 11.8 Å². The van der Waals surface area contributed by atoms with E-state index < -0.39 is 57.4 Å². The summed E-state index contributed by atoms with van der Waals surface area (Å²) in [5.74, 6) is -0.171. The molecule has 3 atom stereocenters. The molecule has 0 heterocycles. The molecule has 0 aromatic heterocycles. The number of hydrogen-bond acceptors (Lipinski definition) is 8. The zero-order valence-corrected chi connectivity index (χ0v) is 21.6. The van der Waals surface area contributed by atoms with E-state index in [0.29, 0.717) is 23.2 Å². The molecule has 196 valence electrons. The third kappa shape index (κ3) is 4.01. The zero-order chi connectivity index (χ0) is 27.6. The predicted molar refractivity (Wildman–Crippen MR) is 136 cm³/mol. The molecule has 1 saturated carbocycles. The average molecular weight is 509 g/mol. The van der Waals surface area contributed by atoms with E-state index in [1.807, 2.05) is 39.8 Å². The van der Waals surface area contributed by atoms with Crippen LogP contribution in [0.3, 0.4) is 0 Å². The Hall–Kier alpha value is -3.61. The summed E-state index contributed by atoms with van der Waals surface area (Å²) < 4.78 is 0. The number of nitrogens with zero attached hydrogens (tertiary/aromatic N) is 1. The first-order valence-electron chi connectivity index (χ1n) is 12.1. The van der Waals surface area contributed by atoms with Gasteiger partial charge in [0, 0.05) is 29.0 Å². The van der Waals surface area contributed by atoms with Crippen molar-refractivity contribution < 1.29 is 34.8 Å². The minimum atomic E-state index is -2.58. The van der Waals surface area contributed by atoms with E-state index in [1.165, 1.54) is 0 Å². The van der Waals surface area contributed by atoms with E-state index in [4.69, 9.17) is 5.73 Å². The van der Waals surface area contributed by atoms with Gasteiger partial charge in [-0.15, -0.1) is 0 Å². The summed E-state index contributed by atoms with van der Waals surface area (Å²) in [6.07, 6.45) is -0.0563. The Morgan fingerprint density at radius 3 is 2.41 bits per heavy atom. The number of amides is 1. The van der Waals surface area contributed by atoms with Gasteiger partial charge in [-0.05, 0) is 49.9 Å². The van der Waals surface area contributed by atoms with Crippen LogP contribution < -0.4 is 5.73 Å².